The van der Waals surface area contributed by atoms with Crippen molar-refractivity contribution in [1.29, 1.82) is 0 Å². The lowest BCUT2D eigenvalue weighted by molar-refractivity contribution is 0.102. The lowest BCUT2D eigenvalue weighted by Gasteiger charge is -2.11. The largest absolute Gasteiger partial charge is 0.319 e. The van der Waals surface area contributed by atoms with Crippen molar-refractivity contribution in [2.24, 2.45) is 0 Å². The normalized spacial score (nSPS) is 10.4. The molecule has 0 aliphatic heterocycles. The molecule has 0 atom stereocenters. The van der Waals surface area contributed by atoms with Crippen LogP contribution in [0.3, 0.4) is 0 Å². The summed E-state index contributed by atoms with van der Waals surface area (Å²) >= 11 is 19.2. The molecule has 1 amide bonds. The van der Waals surface area contributed by atoms with Gasteiger partial charge in [-0.25, -0.2) is 4.39 Å². The maximum atomic E-state index is 13.1. The lowest BCUT2D eigenvalue weighted by Crippen LogP contribution is -2.13. The zero-order valence-corrected chi connectivity index (χ0v) is 13.7. The Bertz CT molecular complexity index is 673. The van der Waals surface area contributed by atoms with Gasteiger partial charge in [0, 0.05) is 9.37 Å². The zero-order valence-electron chi connectivity index (χ0n) is 9.75. The topological polar surface area (TPSA) is 29.1 Å². The molecule has 2 rings (SSSR count). The standard InChI is InChI=1S/C13H7BrCl2FNOS/c14-9-2-1-7(20)5-8(9)13(19)18-12-10(15)3-6(17)4-11(12)16/h1-5,20H,(H,18,19). The van der Waals surface area contributed by atoms with Gasteiger partial charge in [0.15, 0.2) is 0 Å². The second-order valence-electron chi connectivity index (χ2n) is 3.86. The fourth-order valence-corrected chi connectivity index (χ4v) is 2.71. The highest BCUT2D eigenvalue weighted by molar-refractivity contribution is 9.10. The molecular weight excluding hydrogens is 388 g/mol. The number of thiol groups is 1. The van der Waals surface area contributed by atoms with Gasteiger partial charge in [-0.1, -0.05) is 23.2 Å². The van der Waals surface area contributed by atoms with Crippen molar-refractivity contribution in [2.75, 3.05) is 5.32 Å². The van der Waals surface area contributed by atoms with Gasteiger partial charge in [-0.3, -0.25) is 4.79 Å². The Morgan fingerprint density at radius 2 is 1.80 bits per heavy atom. The number of halogens is 4. The Morgan fingerprint density at radius 1 is 1.20 bits per heavy atom. The van der Waals surface area contributed by atoms with Crippen LogP contribution in [0.25, 0.3) is 0 Å². The van der Waals surface area contributed by atoms with E-state index in [1.807, 2.05) is 0 Å². The van der Waals surface area contributed by atoms with Gasteiger partial charge in [-0.05, 0) is 46.3 Å². The fourth-order valence-electron chi connectivity index (χ4n) is 1.53. The molecule has 0 bridgehead atoms. The van der Waals surface area contributed by atoms with Crippen molar-refractivity contribution in [1.82, 2.24) is 0 Å². The molecule has 0 aromatic heterocycles. The van der Waals surface area contributed by atoms with Crippen LogP contribution < -0.4 is 5.32 Å². The van der Waals surface area contributed by atoms with E-state index in [4.69, 9.17) is 23.2 Å². The fraction of sp³-hybridized carbons (Fsp3) is 0. The first-order chi connectivity index (χ1) is 9.38. The summed E-state index contributed by atoms with van der Waals surface area (Å²) in [6, 6.07) is 7.18. The summed E-state index contributed by atoms with van der Waals surface area (Å²) in [7, 11) is 0. The van der Waals surface area contributed by atoms with Gasteiger partial charge >= 0.3 is 0 Å². The minimum absolute atomic E-state index is 0.0292. The molecule has 20 heavy (non-hydrogen) atoms. The van der Waals surface area contributed by atoms with Gasteiger partial charge in [0.1, 0.15) is 5.82 Å². The summed E-state index contributed by atoms with van der Waals surface area (Å²) < 4.78 is 13.7. The summed E-state index contributed by atoms with van der Waals surface area (Å²) in [6.45, 7) is 0. The first-order valence-electron chi connectivity index (χ1n) is 5.33. The molecule has 0 fully saturated rings. The van der Waals surface area contributed by atoms with E-state index in [-0.39, 0.29) is 15.7 Å². The second-order valence-corrected chi connectivity index (χ2v) is 6.05. The highest BCUT2D eigenvalue weighted by Crippen LogP contribution is 2.32. The highest BCUT2D eigenvalue weighted by Gasteiger charge is 2.15. The molecular formula is C13H7BrCl2FNOS. The van der Waals surface area contributed by atoms with Crippen LogP contribution in [0.15, 0.2) is 39.7 Å². The van der Waals surface area contributed by atoms with E-state index in [0.29, 0.717) is 14.9 Å². The molecule has 7 heteroatoms. The van der Waals surface area contributed by atoms with Crippen LogP contribution in [-0.4, -0.2) is 5.91 Å². The number of benzene rings is 2. The third-order valence-electron chi connectivity index (χ3n) is 2.44. The molecule has 0 unspecified atom stereocenters. The molecule has 2 aromatic carbocycles. The maximum absolute atomic E-state index is 13.1. The number of nitrogens with one attached hydrogen (secondary N) is 1. The molecule has 0 saturated heterocycles. The summed E-state index contributed by atoms with van der Waals surface area (Å²) in [5.41, 5.74) is 0.533. The third kappa shape index (κ3) is 3.47. The molecule has 0 spiro atoms. The van der Waals surface area contributed by atoms with Crippen LogP contribution in [0.5, 0.6) is 0 Å². The quantitative estimate of drug-likeness (QED) is 0.652. The minimum Gasteiger partial charge on any atom is -0.319 e. The average molecular weight is 395 g/mol. The monoisotopic (exact) mass is 393 g/mol. The van der Waals surface area contributed by atoms with Crippen LogP contribution >= 0.6 is 51.8 Å². The van der Waals surface area contributed by atoms with Crippen molar-refractivity contribution in [3.63, 3.8) is 0 Å². The number of amides is 1. The first-order valence-corrected chi connectivity index (χ1v) is 7.32. The molecule has 0 heterocycles. The Balaban J connectivity index is 2.35. The number of carbonyl (C=O) groups is 1. The number of carbonyl (C=O) groups excluding carboxylic acids is 1. The summed E-state index contributed by atoms with van der Waals surface area (Å²) in [6.07, 6.45) is 0. The van der Waals surface area contributed by atoms with Crippen LogP contribution in [0.2, 0.25) is 10.0 Å². The van der Waals surface area contributed by atoms with Crippen LogP contribution in [0.4, 0.5) is 10.1 Å². The van der Waals surface area contributed by atoms with E-state index in [1.54, 1.807) is 18.2 Å². The van der Waals surface area contributed by atoms with E-state index >= 15 is 0 Å². The minimum atomic E-state index is -0.573. The molecule has 1 N–H and O–H groups in total. The first kappa shape index (κ1) is 15.6. The zero-order chi connectivity index (χ0) is 14.9. The van der Waals surface area contributed by atoms with Crippen molar-refractivity contribution < 1.29 is 9.18 Å². The highest BCUT2D eigenvalue weighted by atomic mass is 79.9. The van der Waals surface area contributed by atoms with Gasteiger partial charge in [-0.15, -0.1) is 12.6 Å². The molecule has 0 aliphatic rings. The van der Waals surface area contributed by atoms with Gasteiger partial charge < -0.3 is 5.32 Å². The lowest BCUT2D eigenvalue weighted by atomic mass is 10.2. The summed E-state index contributed by atoms with van der Waals surface area (Å²) in [4.78, 5) is 12.8. The van der Waals surface area contributed by atoms with Gasteiger partial charge in [0.2, 0.25) is 0 Å². The summed E-state index contributed by atoms with van der Waals surface area (Å²) in [5, 5.41) is 2.61. The molecule has 0 saturated carbocycles. The van der Waals surface area contributed by atoms with Gasteiger partial charge in [0.25, 0.3) is 5.91 Å². The van der Waals surface area contributed by atoms with E-state index < -0.39 is 11.7 Å². The Labute approximate surface area is 138 Å². The van der Waals surface area contributed by atoms with Gasteiger partial charge in [-0.2, -0.15) is 0 Å². The van der Waals surface area contributed by atoms with Crippen molar-refractivity contribution in [2.45, 2.75) is 4.90 Å². The van der Waals surface area contributed by atoms with Crippen molar-refractivity contribution >= 4 is 63.4 Å². The molecule has 0 aliphatic carbocycles. The number of hydrogen-bond acceptors (Lipinski definition) is 2. The SMILES string of the molecule is O=C(Nc1c(Cl)cc(F)cc1Cl)c1cc(S)ccc1Br. The Hall–Kier alpha value is -0.750. The summed E-state index contributed by atoms with van der Waals surface area (Å²) in [5.74, 6) is -1.00. The van der Waals surface area contributed by atoms with Crippen molar-refractivity contribution in [3.05, 3.63) is 56.2 Å². The van der Waals surface area contributed by atoms with E-state index in [9.17, 15) is 9.18 Å². The second kappa shape index (κ2) is 6.35. The number of hydrogen-bond donors (Lipinski definition) is 2. The van der Waals surface area contributed by atoms with Gasteiger partial charge in [0.05, 0.1) is 21.3 Å². The van der Waals surface area contributed by atoms with Crippen molar-refractivity contribution in [3.8, 4) is 0 Å². The number of rotatable bonds is 2. The molecule has 104 valence electrons. The predicted octanol–water partition coefficient (Wildman–Crippen LogP) is 5.44. The van der Waals surface area contributed by atoms with E-state index in [1.165, 1.54) is 0 Å². The Morgan fingerprint density at radius 3 is 2.40 bits per heavy atom. The smallest absolute Gasteiger partial charge is 0.256 e. The maximum Gasteiger partial charge on any atom is 0.256 e. The van der Waals surface area contributed by atoms with E-state index in [2.05, 4.69) is 33.9 Å². The average Bonchev–Trinajstić information content (AvgIpc) is 2.36. The van der Waals surface area contributed by atoms with Crippen LogP contribution in [0, 0.1) is 5.82 Å². The third-order valence-corrected chi connectivity index (χ3v) is 4.01. The molecule has 2 aromatic rings. The molecule has 2 nitrogen and oxygen atoms in total. The predicted molar refractivity (Wildman–Crippen MR) is 85.8 cm³/mol. The molecule has 0 radical (unpaired) electrons. The van der Waals surface area contributed by atoms with Crippen LogP contribution in [0.1, 0.15) is 10.4 Å². The number of anilines is 1. The van der Waals surface area contributed by atoms with E-state index in [0.717, 1.165) is 12.1 Å². The Kier molecular flexibility index (Phi) is 4.96. The van der Waals surface area contributed by atoms with Crippen LogP contribution in [-0.2, 0) is 0 Å².